The Labute approximate surface area is 110 Å². The maximum atomic E-state index is 13.6. The third-order valence-electron chi connectivity index (χ3n) is 3.57. The Bertz CT molecular complexity index is 445. The lowest BCUT2D eigenvalue weighted by atomic mass is 10.1. The Morgan fingerprint density at radius 2 is 2.16 bits per heavy atom. The van der Waals surface area contributed by atoms with Crippen molar-refractivity contribution < 1.29 is 18.3 Å². The quantitative estimate of drug-likeness (QED) is 0.908. The van der Waals surface area contributed by atoms with Crippen molar-refractivity contribution in [2.24, 2.45) is 5.92 Å². The highest BCUT2D eigenvalue weighted by Gasteiger charge is 2.40. The van der Waals surface area contributed by atoms with Gasteiger partial charge < -0.3 is 14.8 Å². The summed E-state index contributed by atoms with van der Waals surface area (Å²) < 4.78 is 38.0. The summed E-state index contributed by atoms with van der Waals surface area (Å²) in [6, 6.07) is 3.40. The molecule has 104 valence electrons. The molecule has 5 heteroatoms. The Kier molecular flexibility index (Phi) is 3.66. The number of morpholine rings is 1. The van der Waals surface area contributed by atoms with E-state index in [2.05, 4.69) is 5.32 Å². The van der Waals surface area contributed by atoms with E-state index in [-0.39, 0.29) is 18.0 Å². The standard InChI is InChI=1S/C14H17F2NO2/c15-10-3-4-12(11(16)7-10)19-14(9-1-2-9)13-8-17-5-6-18-13/h3-4,7,9,13-14,17H,1-2,5-6,8H2/t13-,14?/m0/s1. The molecule has 1 aromatic carbocycles. The molecule has 0 aromatic heterocycles. The number of nitrogens with one attached hydrogen (secondary N) is 1. The van der Waals surface area contributed by atoms with Crippen LogP contribution in [0.25, 0.3) is 0 Å². The van der Waals surface area contributed by atoms with E-state index in [0.717, 1.165) is 25.5 Å². The highest BCUT2D eigenvalue weighted by Crippen LogP contribution is 2.37. The lowest BCUT2D eigenvalue weighted by Crippen LogP contribution is -2.48. The van der Waals surface area contributed by atoms with E-state index in [0.29, 0.717) is 19.1 Å². The van der Waals surface area contributed by atoms with Crippen molar-refractivity contribution in [2.75, 3.05) is 19.7 Å². The predicted octanol–water partition coefficient (Wildman–Crippen LogP) is 2.11. The third kappa shape index (κ3) is 3.04. The summed E-state index contributed by atoms with van der Waals surface area (Å²) in [5, 5.41) is 3.25. The minimum Gasteiger partial charge on any atom is -0.484 e. The molecule has 0 bridgehead atoms. The van der Waals surface area contributed by atoms with Gasteiger partial charge in [0, 0.05) is 19.2 Å². The van der Waals surface area contributed by atoms with Crippen LogP contribution in [0.15, 0.2) is 18.2 Å². The number of halogens is 2. The molecular formula is C14H17F2NO2. The number of rotatable bonds is 4. The van der Waals surface area contributed by atoms with Crippen LogP contribution in [0, 0.1) is 17.6 Å². The smallest absolute Gasteiger partial charge is 0.167 e. The van der Waals surface area contributed by atoms with E-state index < -0.39 is 11.6 Å². The first-order valence-corrected chi connectivity index (χ1v) is 6.68. The van der Waals surface area contributed by atoms with Gasteiger partial charge in [0.25, 0.3) is 0 Å². The summed E-state index contributed by atoms with van der Waals surface area (Å²) in [6.45, 7) is 2.19. The summed E-state index contributed by atoms with van der Waals surface area (Å²) in [5.41, 5.74) is 0. The molecule has 1 heterocycles. The first kappa shape index (κ1) is 12.8. The van der Waals surface area contributed by atoms with E-state index in [4.69, 9.17) is 9.47 Å². The molecule has 3 rings (SSSR count). The van der Waals surface area contributed by atoms with Crippen molar-refractivity contribution in [2.45, 2.75) is 25.0 Å². The maximum Gasteiger partial charge on any atom is 0.167 e. The largest absolute Gasteiger partial charge is 0.484 e. The Hall–Kier alpha value is -1.20. The van der Waals surface area contributed by atoms with Crippen LogP contribution in [0.4, 0.5) is 8.78 Å². The second-order valence-electron chi connectivity index (χ2n) is 5.11. The Morgan fingerprint density at radius 3 is 2.79 bits per heavy atom. The highest BCUT2D eigenvalue weighted by molar-refractivity contribution is 5.25. The van der Waals surface area contributed by atoms with E-state index in [1.165, 1.54) is 12.1 Å². The molecule has 3 nitrogen and oxygen atoms in total. The predicted molar refractivity (Wildman–Crippen MR) is 66.1 cm³/mol. The van der Waals surface area contributed by atoms with Gasteiger partial charge in [-0.05, 0) is 30.9 Å². The summed E-state index contributed by atoms with van der Waals surface area (Å²) in [4.78, 5) is 0. The molecule has 2 atom stereocenters. The molecule has 19 heavy (non-hydrogen) atoms. The van der Waals surface area contributed by atoms with Crippen LogP contribution in [-0.4, -0.2) is 31.9 Å². The van der Waals surface area contributed by atoms with Crippen molar-refractivity contribution in [3.05, 3.63) is 29.8 Å². The molecule has 1 saturated carbocycles. The zero-order chi connectivity index (χ0) is 13.2. The fourth-order valence-electron chi connectivity index (χ4n) is 2.41. The van der Waals surface area contributed by atoms with Gasteiger partial charge in [0.1, 0.15) is 18.0 Å². The average molecular weight is 269 g/mol. The second-order valence-corrected chi connectivity index (χ2v) is 5.11. The van der Waals surface area contributed by atoms with Gasteiger partial charge in [0.2, 0.25) is 0 Å². The fourth-order valence-corrected chi connectivity index (χ4v) is 2.41. The van der Waals surface area contributed by atoms with Gasteiger partial charge in [-0.3, -0.25) is 0 Å². The van der Waals surface area contributed by atoms with Crippen molar-refractivity contribution in [1.29, 1.82) is 0 Å². The Morgan fingerprint density at radius 1 is 1.32 bits per heavy atom. The van der Waals surface area contributed by atoms with E-state index in [1.54, 1.807) is 0 Å². The van der Waals surface area contributed by atoms with Gasteiger partial charge in [-0.25, -0.2) is 8.78 Å². The van der Waals surface area contributed by atoms with Crippen LogP contribution in [0.1, 0.15) is 12.8 Å². The van der Waals surface area contributed by atoms with Crippen LogP contribution in [0.2, 0.25) is 0 Å². The zero-order valence-corrected chi connectivity index (χ0v) is 10.6. The Balaban J connectivity index is 1.73. The lowest BCUT2D eigenvalue weighted by molar-refractivity contribution is -0.0505. The monoisotopic (exact) mass is 269 g/mol. The molecule has 1 unspecified atom stereocenters. The van der Waals surface area contributed by atoms with Gasteiger partial charge in [0.05, 0.1) is 6.61 Å². The number of hydrogen-bond acceptors (Lipinski definition) is 3. The van der Waals surface area contributed by atoms with Gasteiger partial charge >= 0.3 is 0 Å². The van der Waals surface area contributed by atoms with Crippen LogP contribution in [0.5, 0.6) is 5.75 Å². The topological polar surface area (TPSA) is 30.5 Å². The molecule has 0 amide bonds. The van der Waals surface area contributed by atoms with Crippen molar-refractivity contribution >= 4 is 0 Å². The minimum atomic E-state index is -0.658. The van der Waals surface area contributed by atoms with Crippen molar-refractivity contribution in [3.8, 4) is 5.75 Å². The number of benzene rings is 1. The molecule has 1 N–H and O–H groups in total. The summed E-state index contributed by atoms with van der Waals surface area (Å²) in [5.74, 6) is -0.736. The highest BCUT2D eigenvalue weighted by atomic mass is 19.1. The molecule has 2 fully saturated rings. The molecular weight excluding hydrogens is 252 g/mol. The van der Waals surface area contributed by atoms with Gasteiger partial charge in [0.15, 0.2) is 11.6 Å². The summed E-state index contributed by atoms with van der Waals surface area (Å²) >= 11 is 0. The van der Waals surface area contributed by atoms with Gasteiger partial charge in [-0.1, -0.05) is 0 Å². The third-order valence-corrected chi connectivity index (χ3v) is 3.57. The lowest BCUT2D eigenvalue weighted by Gasteiger charge is -2.31. The van der Waals surface area contributed by atoms with Crippen LogP contribution < -0.4 is 10.1 Å². The van der Waals surface area contributed by atoms with Crippen molar-refractivity contribution in [1.82, 2.24) is 5.32 Å². The number of hydrogen-bond donors (Lipinski definition) is 1. The maximum absolute atomic E-state index is 13.6. The van der Waals surface area contributed by atoms with E-state index in [1.807, 2.05) is 0 Å². The van der Waals surface area contributed by atoms with Crippen LogP contribution >= 0.6 is 0 Å². The molecule has 2 aliphatic rings. The minimum absolute atomic E-state index is 0.0642. The summed E-state index contributed by atoms with van der Waals surface area (Å²) in [7, 11) is 0. The van der Waals surface area contributed by atoms with E-state index in [9.17, 15) is 8.78 Å². The molecule has 0 spiro atoms. The summed E-state index contributed by atoms with van der Waals surface area (Å²) in [6.07, 6.45) is 1.93. The van der Waals surface area contributed by atoms with Gasteiger partial charge in [-0.15, -0.1) is 0 Å². The first-order chi connectivity index (χ1) is 9.24. The van der Waals surface area contributed by atoms with Gasteiger partial charge in [-0.2, -0.15) is 0 Å². The molecule has 0 radical (unpaired) electrons. The average Bonchev–Trinajstić information content (AvgIpc) is 3.23. The second kappa shape index (κ2) is 5.43. The van der Waals surface area contributed by atoms with Crippen LogP contribution in [-0.2, 0) is 4.74 Å². The van der Waals surface area contributed by atoms with Crippen LogP contribution in [0.3, 0.4) is 0 Å². The number of ether oxygens (including phenoxy) is 2. The van der Waals surface area contributed by atoms with E-state index >= 15 is 0 Å². The molecule has 1 aliphatic heterocycles. The molecule has 1 aliphatic carbocycles. The normalized spacial score (nSPS) is 25.1. The SMILES string of the molecule is Fc1ccc(OC(C2CC2)[C@@H]2CNCCO2)c(F)c1. The molecule has 1 saturated heterocycles. The molecule has 1 aromatic rings. The zero-order valence-electron chi connectivity index (χ0n) is 10.6. The van der Waals surface area contributed by atoms with Crippen molar-refractivity contribution in [3.63, 3.8) is 0 Å². The first-order valence-electron chi connectivity index (χ1n) is 6.68. The fraction of sp³-hybridized carbons (Fsp3) is 0.571.